The van der Waals surface area contributed by atoms with Crippen LogP contribution in [0.1, 0.15) is 43.9 Å². The molecule has 0 amide bonds. The summed E-state index contributed by atoms with van der Waals surface area (Å²) in [6, 6.07) is 7.41. The highest BCUT2D eigenvalue weighted by molar-refractivity contribution is 9.10. The molecule has 1 unspecified atom stereocenters. The van der Waals surface area contributed by atoms with E-state index in [0.717, 1.165) is 13.1 Å². The number of hydrogen-bond acceptors (Lipinski definition) is 1. The number of fused-ring (bicyclic) bond motifs is 1. The van der Waals surface area contributed by atoms with Gasteiger partial charge in [-0.1, -0.05) is 35.8 Å². The number of aryl methyl sites for hydroxylation is 1. The minimum absolute atomic E-state index is 0.635. The van der Waals surface area contributed by atoms with Crippen molar-refractivity contribution in [1.29, 1.82) is 0 Å². The van der Waals surface area contributed by atoms with Crippen LogP contribution in [-0.2, 0) is 6.42 Å². The van der Waals surface area contributed by atoms with Crippen molar-refractivity contribution in [3.63, 3.8) is 0 Å². The van der Waals surface area contributed by atoms with E-state index in [1.807, 2.05) is 0 Å². The summed E-state index contributed by atoms with van der Waals surface area (Å²) in [5.74, 6) is 0. The fourth-order valence-electron chi connectivity index (χ4n) is 2.79. The molecule has 0 spiro atoms. The topological polar surface area (TPSA) is 3.24 Å². The third-order valence-electron chi connectivity index (χ3n) is 3.64. The fourth-order valence-corrected chi connectivity index (χ4v) is 3.17. The fraction of sp³-hybridized carbons (Fsp3) is 0.571. The largest absolute Gasteiger partial charge is 0.297 e. The smallest absolute Gasteiger partial charge is 0.0351 e. The molecule has 1 aliphatic carbocycles. The van der Waals surface area contributed by atoms with Gasteiger partial charge in [0.25, 0.3) is 0 Å². The first kappa shape index (κ1) is 12.1. The summed E-state index contributed by atoms with van der Waals surface area (Å²) >= 11 is 3.59. The van der Waals surface area contributed by atoms with Gasteiger partial charge < -0.3 is 0 Å². The second kappa shape index (κ2) is 5.33. The summed E-state index contributed by atoms with van der Waals surface area (Å²) in [7, 11) is 0. The van der Waals surface area contributed by atoms with Crippen LogP contribution in [-0.4, -0.2) is 18.0 Å². The number of halogens is 1. The minimum atomic E-state index is 0.635. The van der Waals surface area contributed by atoms with Crippen molar-refractivity contribution in [2.45, 2.75) is 39.2 Å². The molecule has 0 aromatic heterocycles. The van der Waals surface area contributed by atoms with Crippen molar-refractivity contribution in [1.82, 2.24) is 4.90 Å². The molecule has 1 atom stereocenters. The lowest BCUT2D eigenvalue weighted by atomic mass is 9.87. The van der Waals surface area contributed by atoms with Gasteiger partial charge in [-0.05, 0) is 55.6 Å². The van der Waals surface area contributed by atoms with Crippen molar-refractivity contribution in [2.24, 2.45) is 0 Å². The Balaban J connectivity index is 2.34. The Hall–Kier alpha value is -0.340. The van der Waals surface area contributed by atoms with Gasteiger partial charge in [0.05, 0.1) is 0 Å². The van der Waals surface area contributed by atoms with Crippen LogP contribution in [0.15, 0.2) is 22.7 Å². The normalized spacial score (nSPS) is 19.9. The van der Waals surface area contributed by atoms with Gasteiger partial charge in [-0.2, -0.15) is 0 Å². The molecule has 2 rings (SSSR count). The van der Waals surface area contributed by atoms with Gasteiger partial charge in [0.1, 0.15) is 0 Å². The molecular weight excluding hydrogens is 262 g/mol. The predicted octanol–water partition coefficient (Wildman–Crippen LogP) is 4.17. The van der Waals surface area contributed by atoms with Gasteiger partial charge in [0.15, 0.2) is 0 Å². The monoisotopic (exact) mass is 281 g/mol. The van der Waals surface area contributed by atoms with E-state index in [2.05, 4.69) is 52.9 Å². The summed E-state index contributed by atoms with van der Waals surface area (Å²) in [6.07, 6.45) is 3.89. The Morgan fingerprint density at radius 1 is 1.31 bits per heavy atom. The molecule has 0 heterocycles. The van der Waals surface area contributed by atoms with E-state index in [4.69, 9.17) is 0 Å². The van der Waals surface area contributed by atoms with Gasteiger partial charge in [-0.3, -0.25) is 4.90 Å². The maximum atomic E-state index is 3.59. The molecule has 16 heavy (non-hydrogen) atoms. The second-order valence-corrected chi connectivity index (χ2v) is 5.39. The van der Waals surface area contributed by atoms with Crippen LogP contribution in [0.4, 0.5) is 0 Å². The van der Waals surface area contributed by atoms with E-state index in [0.29, 0.717) is 6.04 Å². The Bertz CT molecular complexity index is 358. The molecule has 1 aliphatic rings. The molecule has 2 heteroatoms. The highest BCUT2D eigenvalue weighted by Crippen LogP contribution is 2.35. The third-order valence-corrected chi connectivity index (χ3v) is 4.14. The SMILES string of the molecule is CCN(CC)C1CCCc2ccc(Br)cc21. The van der Waals surface area contributed by atoms with Crippen molar-refractivity contribution in [2.75, 3.05) is 13.1 Å². The lowest BCUT2D eigenvalue weighted by molar-refractivity contribution is 0.198. The van der Waals surface area contributed by atoms with E-state index in [-0.39, 0.29) is 0 Å². The maximum Gasteiger partial charge on any atom is 0.0351 e. The standard InChI is InChI=1S/C14H20BrN/c1-3-16(4-2)14-7-5-6-11-8-9-12(15)10-13(11)14/h8-10,14H,3-7H2,1-2H3. The molecule has 0 radical (unpaired) electrons. The number of benzene rings is 1. The quantitative estimate of drug-likeness (QED) is 0.804. The van der Waals surface area contributed by atoms with E-state index >= 15 is 0 Å². The maximum absolute atomic E-state index is 3.59. The molecule has 1 aromatic carbocycles. The van der Waals surface area contributed by atoms with E-state index in [1.54, 1.807) is 11.1 Å². The summed E-state index contributed by atoms with van der Waals surface area (Å²) in [5, 5.41) is 0. The van der Waals surface area contributed by atoms with Crippen LogP contribution in [0, 0.1) is 0 Å². The van der Waals surface area contributed by atoms with Gasteiger partial charge in [0.2, 0.25) is 0 Å². The Labute approximate surface area is 107 Å². The lowest BCUT2D eigenvalue weighted by Gasteiger charge is -2.34. The molecule has 1 nitrogen and oxygen atoms in total. The van der Waals surface area contributed by atoms with Crippen LogP contribution < -0.4 is 0 Å². The zero-order valence-corrected chi connectivity index (χ0v) is 11.8. The first-order chi connectivity index (χ1) is 7.76. The van der Waals surface area contributed by atoms with Crippen molar-refractivity contribution < 1.29 is 0 Å². The van der Waals surface area contributed by atoms with Gasteiger partial charge >= 0.3 is 0 Å². The van der Waals surface area contributed by atoms with E-state index in [1.165, 1.54) is 23.7 Å². The first-order valence-electron chi connectivity index (χ1n) is 6.28. The molecule has 0 saturated heterocycles. The van der Waals surface area contributed by atoms with Crippen molar-refractivity contribution in [3.8, 4) is 0 Å². The highest BCUT2D eigenvalue weighted by Gasteiger charge is 2.24. The van der Waals surface area contributed by atoms with Crippen LogP contribution in [0.3, 0.4) is 0 Å². The van der Waals surface area contributed by atoms with Crippen molar-refractivity contribution in [3.05, 3.63) is 33.8 Å². The molecule has 1 aromatic rings. The van der Waals surface area contributed by atoms with Gasteiger partial charge in [-0.25, -0.2) is 0 Å². The Morgan fingerprint density at radius 3 is 2.75 bits per heavy atom. The van der Waals surface area contributed by atoms with Crippen molar-refractivity contribution >= 4 is 15.9 Å². The molecule has 0 bridgehead atoms. The summed E-state index contributed by atoms with van der Waals surface area (Å²) in [6.45, 7) is 6.81. The average Bonchev–Trinajstić information content (AvgIpc) is 2.31. The molecule has 0 aliphatic heterocycles. The van der Waals surface area contributed by atoms with Crippen LogP contribution in [0.25, 0.3) is 0 Å². The summed E-state index contributed by atoms with van der Waals surface area (Å²) < 4.78 is 1.21. The summed E-state index contributed by atoms with van der Waals surface area (Å²) in [5.41, 5.74) is 3.09. The van der Waals surface area contributed by atoms with E-state index in [9.17, 15) is 0 Å². The molecule has 0 saturated carbocycles. The number of rotatable bonds is 3. The highest BCUT2D eigenvalue weighted by atomic mass is 79.9. The number of hydrogen-bond donors (Lipinski definition) is 0. The minimum Gasteiger partial charge on any atom is -0.297 e. The predicted molar refractivity (Wildman–Crippen MR) is 72.7 cm³/mol. The van der Waals surface area contributed by atoms with E-state index < -0.39 is 0 Å². The second-order valence-electron chi connectivity index (χ2n) is 4.47. The number of nitrogens with zero attached hydrogens (tertiary/aromatic N) is 1. The van der Waals surface area contributed by atoms with Gasteiger partial charge in [0, 0.05) is 10.5 Å². The van der Waals surface area contributed by atoms with Crippen LogP contribution >= 0.6 is 15.9 Å². The first-order valence-corrected chi connectivity index (χ1v) is 7.08. The molecular formula is C14H20BrN. The lowest BCUT2D eigenvalue weighted by Crippen LogP contribution is -2.31. The van der Waals surface area contributed by atoms with Gasteiger partial charge in [-0.15, -0.1) is 0 Å². The Morgan fingerprint density at radius 2 is 2.06 bits per heavy atom. The third kappa shape index (κ3) is 2.33. The average molecular weight is 282 g/mol. The van der Waals surface area contributed by atoms with Crippen LogP contribution in [0.5, 0.6) is 0 Å². The molecule has 88 valence electrons. The molecule has 0 N–H and O–H groups in total. The zero-order valence-electron chi connectivity index (χ0n) is 10.2. The summed E-state index contributed by atoms with van der Waals surface area (Å²) in [4.78, 5) is 2.57. The molecule has 0 fully saturated rings. The zero-order chi connectivity index (χ0) is 11.5. The Kier molecular flexibility index (Phi) is 4.04. The van der Waals surface area contributed by atoms with Crippen LogP contribution in [0.2, 0.25) is 0 Å².